The summed E-state index contributed by atoms with van der Waals surface area (Å²) in [6, 6.07) is 3.20. The third-order valence-corrected chi connectivity index (χ3v) is 5.92. The van der Waals surface area contributed by atoms with Crippen LogP contribution < -0.4 is 0 Å². The number of nitrogens with zero attached hydrogens (tertiary/aromatic N) is 2. The van der Waals surface area contributed by atoms with E-state index in [-0.39, 0.29) is 23.5 Å². The predicted molar refractivity (Wildman–Crippen MR) is 75.6 cm³/mol. The van der Waals surface area contributed by atoms with E-state index >= 15 is 0 Å². The molecule has 0 spiro atoms. The van der Waals surface area contributed by atoms with E-state index in [1.54, 1.807) is 13.8 Å². The highest BCUT2D eigenvalue weighted by molar-refractivity contribution is 7.89. The van der Waals surface area contributed by atoms with Crippen LogP contribution in [-0.4, -0.2) is 37.4 Å². The molecule has 2 unspecified atom stereocenters. The number of benzene rings is 1. The Balaban J connectivity index is 2.30. The van der Waals surface area contributed by atoms with Crippen molar-refractivity contribution in [3.05, 3.63) is 29.6 Å². The van der Waals surface area contributed by atoms with Crippen molar-refractivity contribution >= 4 is 16.1 Å². The van der Waals surface area contributed by atoms with Gasteiger partial charge in [0.05, 0.1) is 10.9 Å². The van der Waals surface area contributed by atoms with Crippen LogP contribution in [0.4, 0.5) is 4.39 Å². The summed E-state index contributed by atoms with van der Waals surface area (Å²) in [5.41, 5.74) is 0.384. The van der Waals surface area contributed by atoms with E-state index in [1.165, 1.54) is 22.5 Å². The second-order valence-electron chi connectivity index (χ2n) is 5.27. The van der Waals surface area contributed by atoms with Crippen molar-refractivity contribution in [2.24, 2.45) is 4.99 Å². The second-order valence-corrected chi connectivity index (χ2v) is 7.13. The molecule has 0 saturated carbocycles. The minimum Gasteiger partial charge on any atom is -0.211 e. The Hall–Kier alpha value is -1.56. The summed E-state index contributed by atoms with van der Waals surface area (Å²) in [7, 11) is -3.67. The number of sulfonamides is 1. The summed E-state index contributed by atoms with van der Waals surface area (Å²) in [4.78, 5) is 14.1. The van der Waals surface area contributed by atoms with Crippen molar-refractivity contribution in [3.8, 4) is 0 Å². The molecule has 1 aliphatic heterocycles. The van der Waals surface area contributed by atoms with Crippen molar-refractivity contribution in [1.29, 1.82) is 0 Å². The first-order valence-electron chi connectivity index (χ1n) is 6.71. The number of aliphatic imine (C=N–C) groups is 1. The third-order valence-electron chi connectivity index (χ3n) is 3.75. The Kier molecular flexibility index (Phi) is 4.56. The molecule has 2 atom stereocenters. The largest absolute Gasteiger partial charge is 0.243 e. The molecule has 5 nitrogen and oxygen atoms in total. The Morgan fingerprint density at radius 3 is 2.71 bits per heavy atom. The maximum absolute atomic E-state index is 13.1. The average Bonchev–Trinajstić information content (AvgIpc) is 2.38. The molecule has 0 aliphatic carbocycles. The van der Waals surface area contributed by atoms with E-state index in [4.69, 9.17) is 0 Å². The first-order chi connectivity index (χ1) is 9.86. The van der Waals surface area contributed by atoms with Crippen LogP contribution in [-0.2, 0) is 14.8 Å². The molecule has 1 saturated heterocycles. The van der Waals surface area contributed by atoms with E-state index in [1.807, 2.05) is 0 Å². The highest BCUT2D eigenvalue weighted by Crippen LogP contribution is 2.28. The summed E-state index contributed by atoms with van der Waals surface area (Å²) < 4.78 is 39.9. The van der Waals surface area contributed by atoms with Crippen LogP contribution >= 0.6 is 0 Å². The lowest BCUT2D eigenvalue weighted by Crippen LogP contribution is -2.45. The molecule has 0 radical (unpaired) electrons. The van der Waals surface area contributed by atoms with Crippen molar-refractivity contribution in [2.45, 2.75) is 43.7 Å². The summed E-state index contributed by atoms with van der Waals surface area (Å²) in [6.07, 6.45) is 2.49. The van der Waals surface area contributed by atoms with Gasteiger partial charge in [-0.2, -0.15) is 4.31 Å². The van der Waals surface area contributed by atoms with Gasteiger partial charge in [-0.05, 0) is 50.5 Å². The zero-order chi connectivity index (χ0) is 15.6. The van der Waals surface area contributed by atoms with Gasteiger partial charge in [0, 0.05) is 12.6 Å². The average molecular weight is 312 g/mol. The van der Waals surface area contributed by atoms with Crippen LogP contribution in [0.1, 0.15) is 25.3 Å². The van der Waals surface area contributed by atoms with E-state index < -0.39 is 15.8 Å². The number of aryl methyl sites for hydroxylation is 1. The Bertz CT molecular complexity index is 683. The lowest BCUT2D eigenvalue weighted by molar-refractivity contribution is 0.248. The molecule has 1 aromatic carbocycles. The molecule has 0 aromatic heterocycles. The maximum atomic E-state index is 13.1. The van der Waals surface area contributed by atoms with E-state index in [0.717, 1.165) is 6.07 Å². The highest BCUT2D eigenvalue weighted by Gasteiger charge is 2.35. The van der Waals surface area contributed by atoms with Gasteiger partial charge in [0.25, 0.3) is 0 Å². The number of halogens is 1. The standard InChI is InChI=1S/C14H17FN2O3S/c1-10-7-12(15)3-4-14(10)21(19,20)17-6-5-13(16-9-18)8-11(17)2/h3-4,7,11,13H,5-6,8H2,1-2H3. The van der Waals surface area contributed by atoms with Gasteiger partial charge in [0.1, 0.15) is 5.82 Å². The number of carbonyl (C=O) groups excluding carboxylic acids is 1. The number of rotatable bonds is 3. The monoisotopic (exact) mass is 312 g/mol. The zero-order valence-electron chi connectivity index (χ0n) is 11.9. The molecular weight excluding hydrogens is 295 g/mol. The van der Waals surface area contributed by atoms with Gasteiger partial charge in [0.2, 0.25) is 16.1 Å². The molecule has 0 bridgehead atoms. The summed E-state index contributed by atoms with van der Waals surface area (Å²) in [5.74, 6) is -0.460. The zero-order valence-corrected chi connectivity index (χ0v) is 12.7. The minimum absolute atomic E-state index is 0.119. The number of hydrogen-bond donors (Lipinski definition) is 0. The quantitative estimate of drug-likeness (QED) is 0.633. The van der Waals surface area contributed by atoms with Gasteiger partial charge in [-0.1, -0.05) is 0 Å². The lowest BCUT2D eigenvalue weighted by Gasteiger charge is -2.35. The van der Waals surface area contributed by atoms with Gasteiger partial charge >= 0.3 is 0 Å². The highest BCUT2D eigenvalue weighted by atomic mass is 32.2. The van der Waals surface area contributed by atoms with Crippen LogP contribution in [0.2, 0.25) is 0 Å². The van der Waals surface area contributed by atoms with Gasteiger partial charge < -0.3 is 0 Å². The molecule has 1 heterocycles. The second kappa shape index (κ2) is 6.05. The number of hydrogen-bond acceptors (Lipinski definition) is 4. The predicted octanol–water partition coefficient (Wildman–Crippen LogP) is 2.01. The summed E-state index contributed by atoms with van der Waals surface area (Å²) in [5, 5.41) is 0. The van der Waals surface area contributed by atoms with Crippen LogP contribution in [0.15, 0.2) is 28.1 Å². The fourth-order valence-corrected chi connectivity index (χ4v) is 4.57. The molecule has 0 amide bonds. The van der Waals surface area contributed by atoms with Gasteiger partial charge in [0.15, 0.2) is 0 Å². The molecule has 1 aliphatic rings. The molecule has 2 rings (SSSR count). The van der Waals surface area contributed by atoms with Crippen molar-refractivity contribution in [2.75, 3.05) is 6.54 Å². The van der Waals surface area contributed by atoms with Crippen LogP contribution in [0.5, 0.6) is 0 Å². The maximum Gasteiger partial charge on any atom is 0.243 e. The Morgan fingerprint density at radius 2 is 2.14 bits per heavy atom. The van der Waals surface area contributed by atoms with Crippen LogP contribution in [0.25, 0.3) is 0 Å². The van der Waals surface area contributed by atoms with Gasteiger partial charge in [-0.3, -0.25) is 0 Å². The molecule has 7 heteroatoms. The van der Waals surface area contributed by atoms with Gasteiger partial charge in [-0.25, -0.2) is 22.6 Å². The third kappa shape index (κ3) is 3.20. The summed E-state index contributed by atoms with van der Waals surface area (Å²) in [6.45, 7) is 3.64. The molecular formula is C14H17FN2O3S. The Morgan fingerprint density at radius 1 is 1.43 bits per heavy atom. The van der Waals surface area contributed by atoms with Crippen molar-refractivity contribution in [3.63, 3.8) is 0 Å². The first-order valence-corrected chi connectivity index (χ1v) is 8.15. The number of isocyanates is 1. The Labute approximate surface area is 123 Å². The normalized spacial score (nSPS) is 23.6. The molecule has 0 N–H and O–H groups in total. The molecule has 21 heavy (non-hydrogen) atoms. The topological polar surface area (TPSA) is 66.8 Å². The van der Waals surface area contributed by atoms with E-state index in [2.05, 4.69) is 4.99 Å². The minimum atomic E-state index is -3.67. The summed E-state index contributed by atoms with van der Waals surface area (Å²) >= 11 is 0. The molecule has 1 aromatic rings. The first kappa shape index (κ1) is 15.8. The van der Waals surface area contributed by atoms with Crippen LogP contribution in [0, 0.1) is 12.7 Å². The fourth-order valence-electron chi connectivity index (χ4n) is 2.70. The SMILES string of the molecule is Cc1cc(F)ccc1S(=O)(=O)N1CCC(N=C=O)CC1C. The van der Waals surface area contributed by atoms with Crippen molar-refractivity contribution < 1.29 is 17.6 Å². The van der Waals surface area contributed by atoms with E-state index in [9.17, 15) is 17.6 Å². The molecule has 114 valence electrons. The van der Waals surface area contributed by atoms with Crippen molar-refractivity contribution in [1.82, 2.24) is 4.31 Å². The van der Waals surface area contributed by atoms with Crippen LogP contribution in [0.3, 0.4) is 0 Å². The van der Waals surface area contributed by atoms with Gasteiger partial charge in [-0.15, -0.1) is 0 Å². The fraction of sp³-hybridized carbons (Fsp3) is 0.500. The smallest absolute Gasteiger partial charge is 0.211 e. The lowest BCUT2D eigenvalue weighted by atomic mass is 10.0. The molecule has 1 fully saturated rings. The number of piperidine rings is 1. The van der Waals surface area contributed by atoms with E-state index in [0.29, 0.717) is 18.4 Å².